The highest BCUT2D eigenvalue weighted by molar-refractivity contribution is 6.30. The maximum absolute atomic E-state index is 5.96. The maximum atomic E-state index is 5.96. The average molecular weight is 236 g/mol. The molecule has 1 aromatic carbocycles. The lowest BCUT2D eigenvalue weighted by molar-refractivity contribution is 0.521. The zero-order chi connectivity index (χ0) is 11.4. The van der Waals surface area contributed by atoms with Gasteiger partial charge in [-0.25, -0.2) is 0 Å². The van der Waals surface area contributed by atoms with Crippen LogP contribution in [0.4, 0.5) is 0 Å². The van der Waals surface area contributed by atoms with Crippen LogP contribution in [0.1, 0.15) is 11.5 Å². The van der Waals surface area contributed by atoms with Gasteiger partial charge in [-0.05, 0) is 23.8 Å². The van der Waals surface area contributed by atoms with E-state index < -0.39 is 0 Å². The molecule has 0 aliphatic heterocycles. The quantitative estimate of drug-likeness (QED) is 0.884. The number of aromatic nitrogens is 2. The Morgan fingerprint density at radius 1 is 1.38 bits per heavy atom. The van der Waals surface area contributed by atoms with Crippen LogP contribution < -0.4 is 5.73 Å². The molecule has 0 aliphatic rings. The van der Waals surface area contributed by atoms with Gasteiger partial charge >= 0.3 is 0 Å². The lowest BCUT2D eigenvalue weighted by Gasteiger charge is -2.15. The summed E-state index contributed by atoms with van der Waals surface area (Å²) < 4.78 is 1.89. The number of nitrogens with zero attached hydrogens (tertiary/aromatic N) is 2. The summed E-state index contributed by atoms with van der Waals surface area (Å²) >= 11 is 5.96. The molecule has 2 N–H and O–H groups in total. The molecule has 0 amide bonds. The molecule has 0 saturated heterocycles. The zero-order valence-corrected chi connectivity index (χ0v) is 9.64. The summed E-state index contributed by atoms with van der Waals surface area (Å²) in [5.74, 6) is 0.249. The molecule has 4 heteroatoms. The molecule has 0 spiro atoms. The fraction of sp³-hybridized carbons (Fsp3) is 0.250. The number of halogens is 1. The Kier molecular flexibility index (Phi) is 3.59. The molecular formula is C12H14ClN3. The molecule has 0 saturated carbocycles. The summed E-state index contributed by atoms with van der Waals surface area (Å²) in [6.45, 7) is 1.37. The van der Waals surface area contributed by atoms with E-state index >= 15 is 0 Å². The molecular weight excluding hydrogens is 222 g/mol. The smallest absolute Gasteiger partial charge is 0.0489 e. The Morgan fingerprint density at radius 2 is 2.25 bits per heavy atom. The van der Waals surface area contributed by atoms with Crippen molar-refractivity contribution in [2.24, 2.45) is 5.73 Å². The van der Waals surface area contributed by atoms with Gasteiger partial charge in [-0.15, -0.1) is 0 Å². The third kappa shape index (κ3) is 2.62. The van der Waals surface area contributed by atoms with Gasteiger partial charge in [0.15, 0.2) is 0 Å². The SMILES string of the molecule is NCC(Cn1cccn1)c1cccc(Cl)c1. The monoisotopic (exact) mass is 235 g/mol. The molecule has 16 heavy (non-hydrogen) atoms. The fourth-order valence-corrected chi connectivity index (χ4v) is 1.91. The van der Waals surface area contributed by atoms with E-state index in [1.165, 1.54) is 0 Å². The molecule has 1 unspecified atom stereocenters. The summed E-state index contributed by atoms with van der Waals surface area (Å²) in [6, 6.07) is 9.73. The lowest BCUT2D eigenvalue weighted by Crippen LogP contribution is -2.18. The zero-order valence-electron chi connectivity index (χ0n) is 8.88. The minimum absolute atomic E-state index is 0.249. The highest BCUT2D eigenvalue weighted by Gasteiger charge is 2.10. The fourth-order valence-electron chi connectivity index (χ4n) is 1.71. The van der Waals surface area contributed by atoms with Crippen LogP contribution in [0, 0.1) is 0 Å². The highest BCUT2D eigenvalue weighted by atomic mass is 35.5. The van der Waals surface area contributed by atoms with Crippen molar-refractivity contribution in [3.8, 4) is 0 Å². The Balaban J connectivity index is 2.16. The van der Waals surface area contributed by atoms with E-state index in [2.05, 4.69) is 5.10 Å². The molecule has 1 aromatic heterocycles. The highest BCUT2D eigenvalue weighted by Crippen LogP contribution is 2.20. The molecule has 2 rings (SSSR count). The van der Waals surface area contributed by atoms with Crippen LogP contribution >= 0.6 is 11.6 Å². The Labute approximate surface area is 99.8 Å². The third-order valence-corrected chi connectivity index (χ3v) is 2.81. The second-order valence-corrected chi connectivity index (χ2v) is 4.15. The predicted molar refractivity (Wildman–Crippen MR) is 65.5 cm³/mol. The van der Waals surface area contributed by atoms with E-state index in [1.54, 1.807) is 6.20 Å². The summed E-state index contributed by atoms with van der Waals surface area (Å²) in [5, 5.41) is 4.93. The van der Waals surface area contributed by atoms with Crippen LogP contribution in [-0.2, 0) is 6.54 Å². The van der Waals surface area contributed by atoms with E-state index in [4.69, 9.17) is 17.3 Å². The molecule has 1 atom stereocenters. The van der Waals surface area contributed by atoms with Gasteiger partial charge in [0.2, 0.25) is 0 Å². The minimum Gasteiger partial charge on any atom is -0.330 e. The number of hydrogen-bond acceptors (Lipinski definition) is 2. The van der Waals surface area contributed by atoms with Crippen LogP contribution in [0.3, 0.4) is 0 Å². The standard InChI is InChI=1S/C12H14ClN3/c13-12-4-1-3-10(7-12)11(8-14)9-16-6-2-5-15-16/h1-7,11H,8-9,14H2. The van der Waals surface area contributed by atoms with Crippen LogP contribution in [0.2, 0.25) is 5.02 Å². The Morgan fingerprint density at radius 3 is 2.88 bits per heavy atom. The number of hydrogen-bond donors (Lipinski definition) is 1. The molecule has 0 bridgehead atoms. The summed E-state index contributed by atoms with van der Waals surface area (Å²) in [7, 11) is 0. The van der Waals surface area contributed by atoms with Gasteiger partial charge in [-0.3, -0.25) is 4.68 Å². The van der Waals surface area contributed by atoms with Gasteiger partial charge < -0.3 is 5.73 Å². The molecule has 0 radical (unpaired) electrons. The van der Waals surface area contributed by atoms with Gasteiger partial charge in [0.25, 0.3) is 0 Å². The van der Waals surface area contributed by atoms with Crippen molar-refractivity contribution >= 4 is 11.6 Å². The molecule has 0 aliphatic carbocycles. The first-order valence-electron chi connectivity index (χ1n) is 5.22. The number of rotatable bonds is 4. The van der Waals surface area contributed by atoms with Gasteiger partial charge in [0, 0.05) is 36.4 Å². The van der Waals surface area contributed by atoms with Crippen molar-refractivity contribution in [2.75, 3.05) is 6.54 Å². The van der Waals surface area contributed by atoms with E-state index in [0.29, 0.717) is 6.54 Å². The second-order valence-electron chi connectivity index (χ2n) is 3.72. The molecule has 0 fully saturated rings. The Bertz CT molecular complexity index is 439. The van der Waals surface area contributed by atoms with E-state index in [1.807, 2.05) is 41.2 Å². The first-order chi connectivity index (χ1) is 7.79. The van der Waals surface area contributed by atoms with Gasteiger partial charge in [0.05, 0.1) is 0 Å². The second kappa shape index (κ2) is 5.14. The van der Waals surface area contributed by atoms with Crippen molar-refractivity contribution in [1.29, 1.82) is 0 Å². The lowest BCUT2D eigenvalue weighted by atomic mass is 9.99. The molecule has 84 valence electrons. The van der Waals surface area contributed by atoms with Crippen molar-refractivity contribution < 1.29 is 0 Å². The molecule has 1 heterocycles. The van der Waals surface area contributed by atoms with Crippen molar-refractivity contribution in [1.82, 2.24) is 9.78 Å². The first-order valence-corrected chi connectivity index (χ1v) is 5.60. The van der Waals surface area contributed by atoms with Gasteiger partial charge in [-0.2, -0.15) is 5.10 Å². The topological polar surface area (TPSA) is 43.8 Å². The van der Waals surface area contributed by atoms with Crippen LogP contribution in [0.25, 0.3) is 0 Å². The summed E-state index contributed by atoms with van der Waals surface area (Å²) in [6.07, 6.45) is 3.71. The number of nitrogens with two attached hydrogens (primary N) is 1. The molecule has 2 aromatic rings. The normalized spacial score (nSPS) is 12.6. The van der Waals surface area contributed by atoms with Crippen LogP contribution in [-0.4, -0.2) is 16.3 Å². The van der Waals surface area contributed by atoms with Crippen LogP contribution in [0.5, 0.6) is 0 Å². The van der Waals surface area contributed by atoms with Crippen molar-refractivity contribution in [2.45, 2.75) is 12.5 Å². The average Bonchev–Trinajstić information content (AvgIpc) is 2.78. The van der Waals surface area contributed by atoms with Crippen LogP contribution in [0.15, 0.2) is 42.7 Å². The van der Waals surface area contributed by atoms with E-state index in [-0.39, 0.29) is 5.92 Å². The first kappa shape index (κ1) is 11.2. The molecule has 3 nitrogen and oxygen atoms in total. The van der Waals surface area contributed by atoms with Crippen molar-refractivity contribution in [3.05, 3.63) is 53.3 Å². The van der Waals surface area contributed by atoms with Crippen molar-refractivity contribution in [3.63, 3.8) is 0 Å². The summed E-state index contributed by atoms with van der Waals surface area (Å²) in [4.78, 5) is 0. The maximum Gasteiger partial charge on any atom is 0.0489 e. The Hall–Kier alpha value is -1.32. The van der Waals surface area contributed by atoms with Gasteiger partial charge in [-0.1, -0.05) is 23.7 Å². The van der Waals surface area contributed by atoms with Gasteiger partial charge in [0.1, 0.15) is 0 Å². The predicted octanol–water partition coefficient (Wildman–Crippen LogP) is 2.28. The summed E-state index contributed by atoms with van der Waals surface area (Å²) in [5.41, 5.74) is 6.95. The number of benzene rings is 1. The third-order valence-electron chi connectivity index (χ3n) is 2.57. The van der Waals surface area contributed by atoms with E-state index in [9.17, 15) is 0 Å². The minimum atomic E-state index is 0.249. The van der Waals surface area contributed by atoms with E-state index in [0.717, 1.165) is 17.1 Å². The largest absolute Gasteiger partial charge is 0.330 e.